The minimum Gasteiger partial charge on any atom is -0.444 e. The predicted molar refractivity (Wildman–Crippen MR) is 85.8 cm³/mol. The number of carbonyl (C=O) groups excluding carboxylic acids is 1. The molecule has 130 valence electrons. The topological polar surface area (TPSA) is 89.3 Å². The van der Waals surface area contributed by atoms with E-state index in [1.54, 1.807) is 4.68 Å². The number of aromatic nitrogens is 3. The van der Waals surface area contributed by atoms with Gasteiger partial charge in [-0.3, -0.25) is 4.68 Å². The van der Waals surface area contributed by atoms with Crippen LogP contribution in [0.1, 0.15) is 45.9 Å². The van der Waals surface area contributed by atoms with Gasteiger partial charge in [-0.05, 0) is 33.1 Å². The van der Waals surface area contributed by atoms with E-state index >= 15 is 0 Å². The minimum atomic E-state index is -0.536. The molecule has 1 amide bonds. The first kappa shape index (κ1) is 17.7. The summed E-state index contributed by atoms with van der Waals surface area (Å²) in [6.45, 7) is 5.84. The van der Waals surface area contributed by atoms with E-state index in [1.165, 1.54) is 19.2 Å². The van der Waals surface area contributed by atoms with E-state index in [4.69, 9.17) is 4.74 Å². The van der Waals surface area contributed by atoms with Gasteiger partial charge in [0.25, 0.3) is 0 Å². The van der Waals surface area contributed by atoms with Gasteiger partial charge in [-0.25, -0.2) is 9.78 Å². The normalized spacial score (nSPS) is 17.6. The molecule has 1 saturated carbocycles. The molecule has 1 aliphatic carbocycles. The summed E-state index contributed by atoms with van der Waals surface area (Å²) < 4.78 is 7.01. The van der Waals surface area contributed by atoms with Crippen LogP contribution in [-0.2, 0) is 18.2 Å². The second-order valence-electron chi connectivity index (χ2n) is 7.64. The number of rotatable bonds is 7. The van der Waals surface area contributed by atoms with Crippen LogP contribution in [0.5, 0.6) is 0 Å². The maximum Gasteiger partial charge on any atom is 0.407 e. The summed E-state index contributed by atoms with van der Waals surface area (Å²) in [4.78, 5) is 16.2. The maximum atomic E-state index is 11.9. The molecule has 23 heavy (non-hydrogen) atoms. The Morgan fingerprint density at radius 2 is 2.17 bits per heavy atom. The highest BCUT2D eigenvalue weighted by molar-refractivity contribution is 5.67. The largest absolute Gasteiger partial charge is 0.444 e. The quantitative estimate of drug-likeness (QED) is 0.796. The van der Waals surface area contributed by atoms with Crippen molar-refractivity contribution in [2.45, 2.75) is 52.1 Å². The molecule has 1 aromatic heterocycles. The SMILES string of the molecule is Cn1ncnc1CC(CO)(CNC(=O)OC(C)(C)C)CC1CC1. The third-order valence-electron chi connectivity index (χ3n) is 4.10. The molecule has 0 saturated heterocycles. The highest BCUT2D eigenvalue weighted by Crippen LogP contribution is 2.41. The second kappa shape index (κ2) is 6.86. The van der Waals surface area contributed by atoms with Crippen molar-refractivity contribution in [3.05, 3.63) is 12.2 Å². The number of hydrogen-bond acceptors (Lipinski definition) is 5. The van der Waals surface area contributed by atoms with Gasteiger partial charge < -0.3 is 15.2 Å². The lowest BCUT2D eigenvalue weighted by Crippen LogP contribution is -2.44. The van der Waals surface area contributed by atoms with Gasteiger partial charge in [0.05, 0.1) is 6.61 Å². The van der Waals surface area contributed by atoms with Crippen molar-refractivity contribution in [2.75, 3.05) is 13.2 Å². The first-order chi connectivity index (χ1) is 10.7. The average Bonchev–Trinajstić information content (AvgIpc) is 3.17. The molecule has 2 rings (SSSR count). The van der Waals surface area contributed by atoms with Crippen molar-refractivity contribution in [2.24, 2.45) is 18.4 Å². The highest BCUT2D eigenvalue weighted by Gasteiger charge is 2.38. The van der Waals surface area contributed by atoms with Gasteiger partial charge in [-0.15, -0.1) is 0 Å². The molecule has 0 spiro atoms. The lowest BCUT2D eigenvalue weighted by atomic mass is 9.79. The highest BCUT2D eigenvalue weighted by atomic mass is 16.6. The Bertz CT molecular complexity index is 534. The van der Waals surface area contributed by atoms with E-state index in [9.17, 15) is 9.90 Å². The van der Waals surface area contributed by atoms with E-state index in [0.717, 1.165) is 12.2 Å². The van der Waals surface area contributed by atoms with Crippen LogP contribution < -0.4 is 5.32 Å². The van der Waals surface area contributed by atoms with Crippen molar-refractivity contribution in [3.8, 4) is 0 Å². The molecule has 1 unspecified atom stereocenters. The molecule has 2 N–H and O–H groups in total. The van der Waals surface area contributed by atoms with Crippen LogP contribution in [0, 0.1) is 11.3 Å². The van der Waals surface area contributed by atoms with Crippen LogP contribution in [0.4, 0.5) is 4.79 Å². The Morgan fingerprint density at radius 3 is 2.65 bits per heavy atom. The van der Waals surface area contributed by atoms with Crippen molar-refractivity contribution < 1.29 is 14.6 Å². The zero-order valence-electron chi connectivity index (χ0n) is 14.5. The Kier molecular flexibility index (Phi) is 5.29. The first-order valence-electron chi connectivity index (χ1n) is 8.14. The number of hydrogen-bond donors (Lipinski definition) is 2. The fraction of sp³-hybridized carbons (Fsp3) is 0.812. The van der Waals surface area contributed by atoms with E-state index in [2.05, 4.69) is 15.4 Å². The third-order valence-corrected chi connectivity index (χ3v) is 4.10. The zero-order valence-corrected chi connectivity index (χ0v) is 14.5. The number of nitrogens with one attached hydrogen (secondary N) is 1. The van der Waals surface area contributed by atoms with Crippen LogP contribution in [0.2, 0.25) is 0 Å². The number of aliphatic hydroxyl groups excluding tert-OH is 1. The molecule has 1 atom stereocenters. The van der Waals surface area contributed by atoms with Gasteiger partial charge in [0.1, 0.15) is 17.8 Å². The van der Waals surface area contributed by atoms with Crippen molar-refractivity contribution >= 4 is 6.09 Å². The van der Waals surface area contributed by atoms with Gasteiger partial charge in [-0.2, -0.15) is 5.10 Å². The van der Waals surface area contributed by atoms with E-state index in [0.29, 0.717) is 18.9 Å². The number of nitrogens with zero attached hydrogens (tertiary/aromatic N) is 3. The second-order valence-corrected chi connectivity index (χ2v) is 7.64. The van der Waals surface area contributed by atoms with Gasteiger partial charge >= 0.3 is 6.09 Å². The summed E-state index contributed by atoms with van der Waals surface area (Å²) in [6, 6.07) is 0. The monoisotopic (exact) mass is 324 g/mol. The minimum absolute atomic E-state index is 0.00778. The van der Waals surface area contributed by atoms with Gasteiger partial charge in [0.15, 0.2) is 0 Å². The fourth-order valence-corrected chi connectivity index (χ4v) is 2.71. The molecular weight excluding hydrogens is 296 g/mol. The van der Waals surface area contributed by atoms with Gasteiger partial charge in [0.2, 0.25) is 0 Å². The average molecular weight is 324 g/mol. The standard InChI is InChI=1S/C16H28N4O3/c1-15(2,3)23-14(22)17-9-16(10-21,7-12-5-6-12)8-13-18-11-19-20(13)4/h11-12,21H,5-10H2,1-4H3,(H,17,22). The van der Waals surface area contributed by atoms with Crippen molar-refractivity contribution in [1.29, 1.82) is 0 Å². The smallest absolute Gasteiger partial charge is 0.407 e. The Hall–Kier alpha value is -1.63. The number of alkyl carbamates (subject to hydrolysis) is 1. The molecule has 0 radical (unpaired) electrons. The summed E-state index contributed by atoms with van der Waals surface area (Å²) in [5, 5.41) is 16.9. The molecule has 0 aromatic carbocycles. The third kappa shape index (κ3) is 5.49. The van der Waals surface area contributed by atoms with E-state index in [1.807, 2.05) is 27.8 Å². The molecular formula is C16H28N4O3. The van der Waals surface area contributed by atoms with Crippen LogP contribution in [0.25, 0.3) is 0 Å². The Morgan fingerprint density at radius 1 is 1.48 bits per heavy atom. The molecule has 1 fully saturated rings. The maximum absolute atomic E-state index is 11.9. The lowest BCUT2D eigenvalue weighted by molar-refractivity contribution is 0.0446. The van der Waals surface area contributed by atoms with Crippen LogP contribution in [-0.4, -0.2) is 44.7 Å². The lowest BCUT2D eigenvalue weighted by Gasteiger charge is -2.32. The van der Waals surface area contributed by atoms with Gasteiger partial charge in [0, 0.05) is 25.4 Å². The molecule has 1 heterocycles. The Labute approximate surface area is 137 Å². The van der Waals surface area contributed by atoms with Crippen molar-refractivity contribution in [1.82, 2.24) is 20.1 Å². The number of aliphatic hydroxyl groups is 1. The number of aryl methyl sites for hydroxylation is 1. The summed E-state index contributed by atoms with van der Waals surface area (Å²) in [7, 11) is 1.84. The molecule has 0 aliphatic heterocycles. The Balaban J connectivity index is 2.03. The van der Waals surface area contributed by atoms with Gasteiger partial charge in [-0.1, -0.05) is 12.8 Å². The molecule has 1 aliphatic rings. The first-order valence-corrected chi connectivity index (χ1v) is 8.14. The number of carbonyl (C=O) groups is 1. The molecule has 7 nitrogen and oxygen atoms in total. The zero-order chi connectivity index (χ0) is 17.1. The number of amides is 1. The van der Waals surface area contributed by atoms with Crippen LogP contribution in [0.3, 0.4) is 0 Å². The predicted octanol–water partition coefficient (Wildman–Crippen LogP) is 1.66. The summed E-state index contributed by atoms with van der Waals surface area (Å²) in [5.74, 6) is 1.43. The summed E-state index contributed by atoms with van der Waals surface area (Å²) in [5.41, 5.74) is -0.967. The molecule has 0 bridgehead atoms. The summed E-state index contributed by atoms with van der Waals surface area (Å²) in [6.07, 6.45) is 4.87. The van der Waals surface area contributed by atoms with Crippen LogP contribution in [0.15, 0.2) is 6.33 Å². The van der Waals surface area contributed by atoms with E-state index < -0.39 is 17.1 Å². The molecule has 7 heteroatoms. The summed E-state index contributed by atoms with van der Waals surface area (Å²) >= 11 is 0. The van der Waals surface area contributed by atoms with Crippen molar-refractivity contribution in [3.63, 3.8) is 0 Å². The molecule has 1 aromatic rings. The number of ether oxygens (including phenoxy) is 1. The van der Waals surface area contributed by atoms with E-state index in [-0.39, 0.29) is 6.61 Å². The fourth-order valence-electron chi connectivity index (χ4n) is 2.71. The van der Waals surface area contributed by atoms with Crippen LogP contribution >= 0.6 is 0 Å².